The molecular weight excluding hydrogens is 386 g/mol. The molecule has 0 aliphatic rings. The number of carbonyl (C=O) groups is 2. The number of alkyl carbamates (subject to hydrolysis) is 1. The topological polar surface area (TPSA) is 94.8 Å². The normalized spacial score (nSPS) is 10.6. The molecule has 1 amide bonds. The highest BCUT2D eigenvalue weighted by molar-refractivity contribution is 5.86. The van der Waals surface area contributed by atoms with E-state index in [1.807, 2.05) is 37.3 Å². The van der Waals surface area contributed by atoms with Gasteiger partial charge in [0, 0.05) is 23.1 Å². The molecule has 0 fully saturated rings. The molecule has 156 valence electrons. The van der Waals surface area contributed by atoms with Crippen LogP contribution in [-0.2, 0) is 16.1 Å². The quantitative estimate of drug-likeness (QED) is 0.376. The minimum atomic E-state index is -0.610. The Balaban J connectivity index is 1.54. The molecule has 0 unspecified atom stereocenters. The molecule has 3 aromatic rings. The predicted octanol–water partition coefficient (Wildman–Crippen LogP) is 3.94. The maximum Gasteiger partial charge on any atom is 0.407 e. The van der Waals surface area contributed by atoms with E-state index in [1.54, 1.807) is 26.0 Å². The molecule has 0 bridgehead atoms. The highest BCUT2D eigenvalue weighted by atomic mass is 16.5. The van der Waals surface area contributed by atoms with Crippen molar-refractivity contribution >= 4 is 23.0 Å². The maximum absolute atomic E-state index is 12.1. The number of hydrogen-bond donors (Lipinski definition) is 1. The molecule has 1 N–H and O–H groups in total. The molecule has 30 heavy (non-hydrogen) atoms. The number of esters is 1. The van der Waals surface area contributed by atoms with Crippen LogP contribution in [0.5, 0.6) is 5.75 Å². The number of nitrogens with one attached hydrogen (secondary N) is 1. The fourth-order valence-corrected chi connectivity index (χ4v) is 2.95. The first-order valence-electron chi connectivity index (χ1n) is 9.55. The van der Waals surface area contributed by atoms with Gasteiger partial charge < -0.3 is 19.2 Å². The van der Waals surface area contributed by atoms with Gasteiger partial charge in [-0.25, -0.2) is 9.59 Å². The van der Waals surface area contributed by atoms with Gasteiger partial charge in [-0.05, 0) is 44.0 Å². The number of rotatable bonds is 6. The Bertz CT molecular complexity index is 1130. The van der Waals surface area contributed by atoms with E-state index in [-0.39, 0.29) is 19.6 Å². The molecule has 7 heteroatoms. The first kappa shape index (κ1) is 21.1. The third-order valence-electron chi connectivity index (χ3n) is 4.86. The van der Waals surface area contributed by atoms with Crippen molar-refractivity contribution in [1.29, 1.82) is 0 Å². The molecule has 1 aromatic heterocycles. The van der Waals surface area contributed by atoms with Crippen LogP contribution in [0.4, 0.5) is 4.79 Å². The number of carbonyl (C=O) groups excluding carboxylic acids is 2. The monoisotopic (exact) mass is 409 g/mol. The second-order valence-electron chi connectivity index (χ2n) is 6.92. The highest BCUT2D eigenvalue weighted by Gasteiger charge is 2.15. The average molecular weight is 409 g/mol. The van der Waals surface area contributed by atoms with Crippen LogP contribution in [0, 0.1) is 20.8 Å². The lowest BCUT2D eigenvalue weighted by atomic mass is 10.0. The van der Waals surface area contributed by atoms with E-state index in [0.29, 0.717) is 22.5 Å². The lowest BCUT2D eigenvalue weighted by Crippen LogP contribution is -2.27. The third kappa shape index (κ3) is 4.86. The van der Waals surface area contributed by atoms with Gasteiger partial charge in [-0.15, -0.1) is 0 Å². The number of aryl methyl sites for hydroxylation is 2. The summed E-state index contributed by atoms with van der Waals surface area (Å²) in [6.45, 7) is 5.51. The summed E-state index contributed by atoms with van der Waals surface area (Å²) in [4.78, 5) is 35.8. The van der Waals surface area contributed by atoms with Gasteiger partial charge in [-0.1, -0.05) is 30.3 Å². The van der Waals surface area contributed by atoms with E-state index in [9.17, 15) is 14.4 Å². The van der Waals surface area contributed by atoms with Gasteiger partial charge in [0.05, 0.1) is 6.42 Å². The van der Waals surface area contributed by atoms with Gasteiger partial charge in [0.1, 0.15) is 17.9 Å². The molecule has 0 atom stereocenters. The predicted molar refractivity (Wildman–Crippen MR) is 112 cm³/mol. The van der Waals surface area contributed by atoms with Crippen molar-refractivity contribution < 1.29 is 23.5 Å². The number of benzene rings is 2. The standard InChI is InChI=1S/C23H23NO6/c1-14-15(2)22(26)30-21-16(3)19(10-9-18(14)21)29-20(25)11-12-24-23(27)28-13-17-7-5-4-6-8-17/h4-10H,11-13H2,1-3H3,(H,24,27). The summed E-state index contributed by atoms with van der Waals surface area (Å²) >= 11 is 0. The fourth-order valence-electron chi connectivity index (χ4n) is 2.95. The number of hydrogen-bond acceptors (Lipinski definition) is 6. The molecule has 0 radical (unpaired) electrons. The Hall–Kier alpha value is -3.61. The number of ether oxygens (including phenoxy) is 2. The van der Waals surface area contributed by atoms with Gasteiger partial charge in [0.2, 0.25) is 0 Å². The van der Waals surface area contributed by atoms with E-state index >= 15 is 0 Å². The molecule has 0 spiro atoms. The van der Waals surface area contributed by atoms with Crippen molar-refractivity contribution in [2.45, 2.75) is 33.8 Å². The Morgan fingerprint density at radius 1 is 0.967 bits per heavy atom. The van der Waals surface area contributed by atoms with Crippen LogP contribution in [0.25, 0.3) is 11.0 Å². The van der Waals surface area contributed by atoms with Crippen LogP contribution < -0.4 is 15.7 Å². The zero-order chi connectivity index (χ0) is 21.7. The molecule has 0 aliphatic heterocycles. The van der Waals surface area contributed by atoms with Gasteiger partial charge in [0.15, 0.2) is 0 Å². The second kappa shape index (κ2) is 9.26. The third-order valence-corrected chi connectivity index (χ3v) is 4.86. The lowest BCUT2D eigenvalue weighted by molar-refractivity contribution is -0.134. The van der Waals surface area contributed by atoms with Crippen molar-refractivity contribution in [2.24, 2.45) is 0 Å². The smallest absolute Gasteiger partial charge is 0.407 e. The van der Waals surface area contributed by atoms with E-state index in [1.165, 1.54) is 0 Å². The maximum atomic E-state index is 12.1. The van der Waals surface area contributed by atoms with Crippen LogP contribution >= 0.6 is 0 Å². The summed E-state index contributed by atoms with van der Waals surface area (Å²) in [5.74, 6) is -0.211. The first-order valence-corrected chi connectivity index (χ1v) is 9.55. The van der Waals surface area contributed by atoms with Gasteiger partial charge in [-0.3, -0.25) is 4.79 Å². The van der Waals surface area contributed by atoms with Crippen LogP contribution in [0.2, 0.25) is 0 Å². The summed E-state index contributed by atoms with van der Waals surface area (Å²) in [6, 6.07) is 12.7. The summed E-state index contributed by atoms with van der Waals surface area (Å²) in [5, 5.41) is 3.31. The molecule has 7 nitrogen and oxygen atoms in total. The van der Waals surface area contributed by atoms with E-state index < -0.39 is 17.7 Å². The first-order chi connectivity index (χ1) is 14.4. The molecular formula is C23H23NO6. The molecule has 0 saturated carbocycles. The van der Waals surface area contributed by atoms with Gasteiger partial charge >= 0.3 is 17.7 Å². The molecule has 0 aliphatic carbocycles. The lowest BCUT2D eigenvalue weighted by Gasteiger charge is -2.11. The van der Waals surface area contributed by atoms with Crippen LogP contribution in [0.1, 0.15) is 28.7 Å². The minimum Gasteiger partial charge on any atom is -0.445 e. The molecule has 1 heterocycles. The SMILES string of the molecule is Cc1c(C)c2ccc(OC(=O)CCNC(=O)OCc3ccccc3)c(C)c2oc1=O. The zero-order valence-electron chi connectivity index (χ0n) is 17.1. The van der Waals surface area contributed by atoms with E-state index in [4.69, 9.17) is 13.9 Å². The Kier molecular flexibility index (Phi) is 6.51. The molecule has 0 saturated heterocycles. The summed E-state index contributed by atoms with van der Waals surface area (Å²) < 4.78 is 15.8. The Morgan fingerprint density at radius 2 is 1.70 bits per heavy atom. The Morgan fingerprint density at radius 3 is 2.43 bits per heavy atom. The number of fused-ring (bicyclic) bond motifs is 1. The second-order valence-corrected chi connectivity index (χ2v) is 6.92. The summed E-state index contributed by atoms with van der Waals surface area (Å²) in [5.41, 5.74) is 2.81. The fraction of sp³-hybridized carbons (Fsp3) is 0.261. The van der Waals surface area contributed by atoms with E-state index in [2.05, 4.69) is 5.32 Å². The highest BCUT2D eigenvalue weighted by Crippen LogP contribution is 2.29. The van der Waals surface area contributed by atoms with Crippen LogP contribution in [0.15, 0.2) is 51.7 Å². The van der Waals surface area contributed by atoms with Crippen molar-refractivity contribution in [2.75, 3.05) is 6.54 Å². The zero-order valence-corrected chi connectivity index (χ0v) is 17.1. The summed E-state index contributed by atoms with van der Waals surface area (Å²) in [7, 11) is 0. The number of amides is 1. The van der Waals surface area contributed by atoms with Gasteiger partial charge in [-0.2, -0.15) is 0 Å². The average Bonchev–Trinajstić information content (AvgIpc) is 2.74. The van der Waals surface area contributed by atoms with Crippen molar-refractivity contribution in [1.82, 2.24) is 5.32 Å². The van der Waals surface area contributed by atoms with Crippen molar-refractivity contribution in [3.63, 3.8) is 0 Å². The van der Waals surface area contributed by atoms with Crippen molar-refractivity contribution in [3.05, 3.63) is 75.1 Å². The van der Waals surface area contributed by atoms with Crippen LogP contribution in [0.3, 0.4) is 0 Å². The Labute approximate surface area is 173 Å². The summed E-state index contributed by atoms with van der Waals surface area (Å²) in [6.07, 6.45) is -0.643. The van der Waals surface area contributed by atoms with E-state index in [0.717, 1.165) is 16.5 Å². The minimum absolute atomic E-state index is 0.0329. The largest absolute Gasteiger partial charge is 0.445 e. The molecule has 2 aromatic carbocycles. The van der Waals surface area contributed by atoms with Crippen molar-refractivity contribution in [3.8, 4) is 5.75 Å². The van der Waals surface area contributed by atoms with Gasteiger partial charge in [0.25, 0.3) is 0 Å². The van der Waals surface area contributed by atoms with Crippen LogP contribution in [-0.4, -0.2) is 18.6 Å². The molecule has 3 rings (SSSR count).